The van der Waals surface area contributed by atoms with Gasteiger partial charge in [-0.3, -0.25) is 0 Å². The van der Waals surface area contributed by atoms with Crippen molar-refractivity contribution < 1.29 is 4.74 Å². The van der Waals surface area contributed by atoms with Gasteiger partial charge in [0.15, 0.2) is 0 Å². The second-order valence-electron chi connectivity index (χ2n) is 5.93. The first-order valence-electron chi connectivity index (χ1n) is 7.56. The van der Waals surface area contributed by atoms with Crippen molar-refractivity contribution in [2.45, 2.75) is 39.2 Å². The third-order valence-corrected chi connectivity index (χ3v) is 3.52. The molecule has 0 heterocycles. The van der Waals surface area contributed by atoms with E-state index in [4.69, 9.17) is 10.00 Å². The zero-order chi connectivity index (χ0) is 14.4. The highest BCUT2D eigenvalue weighted by Crippen LogP contribution is 2.27. The lowest BCUT2D eigenvalue weighted by Crippen LogP contribution is -2.31. The summed E-state index contributed by atoms with van der Waals surface area (Å²) in [5, 5.41) is 9.01. The minimum Gasteiger partial charge on any atom is -0.492 e. The molecule has 0 aliphatic heterocycles. The normalized spacial score (nSPS) is 14.6. The third kappa shape index (κ3) is 4.54. The van der Waals surface area contributed by atoms with Gasteiger partial charge in [0.1, 0.15) is 11.8 Å². The van der Waals surface area contributed by atoms with Crippen LogP contribution in [0.5, 0.6) is 5.75 Å². The number of hydrogen-bond acceptors (Lipinski definition) is 3. The Morgan fingerprint density at radius 2 is 2.10 bits per heavy atom. The summed E-state index contributed by atoms with van der Waals surface area (Å²) >= 11 is 0. The summed E-state index contributed by atoms with van der Waals surface area (Å²) in [6.07, 6.45) is 3.72. The highest BCUT2D eigenvalue weighted by Gasteiger charge is 2.28. The van der Waals surface area contributed by atoms with Gasteiger partial charge in [-0.2, -0.15) is 5.26 Å². The summed E-state index contributed by atoms with van der Waals surface area (Å²) in [6.45, 7) is 7.50. The van der Waals surface area contributed by atoms with Gasteiger partial charge in [-0.15, -0.1) is 0 Å². The summed E-state index contributed by atoms with van der Waals surface area (Å²) in [5.41, 5.74) is 0.619. The van der Waals surface area contributed by atoms with Crippen molar-refractivity contribution in [2.75, 3.05) is 19.7 Å². The van der Waals surface area contributed by atoms with Crippen molar-refractivity contribution in [1.29, 1.82) is 5.26 Å². The molecule has 3 nitrogen and oxygen atoms in total. The number of hydrogen-bond donors (Lipinski definition) is 0. The van der Waals surface area contributed by atoms with Crippen LogP contribution in [0.25, 0.3) is 0 Å². The number of rotatable bonds is 8. The fourth-order valence-electron chi connectivity index (χ4n) is 2.47. The first-order chi connectivity index (χ1) is 9.70. The summed E-state index contributed by atoms with van der Waals surface area (Å²) in [4.78, 5) is 2.59. The number of para-hydroxylation sites is 1. The molecule has 0 N–H and O–H groups in total. The number of ether oxygens (including phenoxy) is 1. The van der Waals surface area contributed by atoms with Crippen LogP contribution in [0, 0.1) is 17.2 Å². The molecule has 0 unspecified atom stereocenters. The van der Waals surface area contributed by atoms with Gasteiger partial charge in [0.25, 0.3) is 0 Å². The summed E-state index contributed by atoms with van der Waals surface area (Å²) in [7, 11) is 0. The maximum Gasteiger partial charge on any atom is 0.137 e. The Kier molecular flexibility index (Phi) is 5.43. The highest BCUT2D eigenvalue weighted by molar-refractivity contribution is 5.42. The van der Waals surface area contributed by atoms with Crippen molar-refractivity contribution >= 4 is 0 Å². The van der Waals surface area contributed by atoms with Crippen molar-refractivity contribution in [1.82, 2.24) is 4.90 Å². The Bertz CT molecular complexity index is 460. The fraction of sp³-hybridized carbons (Fsp3) is 0.588. The molecular weight excluding hydrogens is 248 g/mol. The molecule has 0 saturated heterocycles. The van der Waals surface area contributed by atoms with Gasteiger partial charge in [0.2, 0.25) is 0 Å². The van der Waals surface area contributed by atoms with Gasteiger partial charge >= 0.3 is 0 Å². The van der Waals surface area contributed by atoms with Gasteiger partial charge in [-0.25, -0.2) is 0 Å². The van der Waals surface area contributed by atoms with Crippen molar-refractivity contribution in [3.63, 3.8) is 0 Å². The molecule has 0 atom stereocenters. The molecule has 3 heteroatoms. The van der Waals surface area contributed by atoms with E-state index in [9.17, 15) is 0 Å². The molecule has 1 aromatic rings. The van der Waals surface area contributed by atoms with Crippen LogP contribution in [0.2, 0.25) is 0 Å². The number of nitriles is 1. The molecule has 0 spiro atoms. The molecule has 0 radical (unpaired) electrons. The Morgan fingerprint density at radius 3 is 2.75 bits per heavy atom. The average molecular weight is 272 g/mol. The lowest BCUT2D eigenvalue weighted by Gasteiger charge is -2.23. The predicted molar refractivity (Wildman–Crippen MR) is 80.7 cm³/mol. The molecule has 108 valence electrons. The standard InChI is InChI=1S/C17H24N2O/c1-14(2)13-19(16-8-9-16)10-5-11-20-17-7-4-3-6-15(17)12-18/h3-4,6-7,14,16H,5,8-11,13H2,1-2H3. The predicted octanol–water partition coefficient (Wildman–Crippen LogP) is 3.45. The molecule has 0 bridgehead atoms. The van der Waals surface area contributed by atoms with E-state index in [1.165, 1.54) is 19.4 Å². The number of benzene rings is 1. The topological polar surface area (TPSA) is 36.3 Å². The van der Waals surface area contributed by atoms with Gasteiger partial charge < -0.3 is 9.64 Å². The van der Waals surface area contributed by atoms with E-state index >= 15 is 0 Å². The quantitative estimate of drug-likeness (QED) is 0.680. The first-order valence-corrected chi connectivity index (χ1v) is 7.56. The van der Waals surface area contributed by atoms with Crippen molar-refractivity contribution in [2.24, 2.45) is 5.92 Å². The Balaban J connectivity index is 1.74. The monoisotopic (exact) mass is 272 g/mol. The highest BCUT2D eigenvalue weighted by atomic mass is 16.5. The van der Waals surface area contributed by atoms with Crippen LogP contribution in [0.4, 0.5) is 0 Å². The van der Waals surface area contributed by atoms with Gasteiger partial charge in [0.05, 0.1) is 12.2 Å². The van der Waals surface area contributed by atoms with Crippen LogP contribution in [0.15, 0.2) is 24.3 Å². The van der Waals surface area contributed by atoms with E-state index in [1.54, 1.807) is 6.07 Å². The molecule has 0 aromatic heterocycles. The van der Waals surface area contributed by atoms with Gasteiger partial charge in [-0.1, -0.05) is 26.0 Å². The molecule has 1 aliphatic rings. The Labute approximate surface area is 122 Å². The Morgan fingerprint density at radius 1 is 1.35 bits per heavy atom. The first kappa shape index (κ1) is 14.9. The molecule has 20 heavy (non-hydrogen) atoms. The van der Waals surface area contributed by atoms with Gasteiger partial charge in [-0.05, 0) is 37.3 Å². The molecule has 2 rings (SSSR count). The van der Waals surface area contributed by atoms with Crippen LogP contribution in [-0.4, -0.2) is 30.6 Å². The molecule has 1 fully saturated rings. The summed E-state index contributed by atoms with van der Waals surface area (Å²) < 4.78 is 5.73. The minimum absolute atomic E-state index is 0.619. The van der Waals surface area contributed by atoms with E-state index in [2.05, 4.69) is 24.8 Å². The average Bonchev–Trinajstić information content (AvgIpc) is 3.26. The van der Waals surface area contributed by atoms with Gasteiger partial charge in [0, 0.05) is 19.1 Å². The fourth-order valence-corrected chi connectivity index (χ4v) is 2.47. The van der Waals surface area contributed by atoms with Crippen LogP contribution in [-0.2, 0) is 0 Å². The lowest BCUT2D eigenvalue weighted by atomic mass is 10.2. The van der Waals surface area contributed by atoms with Crippen LogP contribution in [0.3, 0.4) is 0 Å². The summed E-state index contributed by atoms with van der Waals surface area (Å²) in [6, 6.07) is 10.4. The van der Waals surface area contributed by atoms with E-state index in [0.29, 0.717) is 17.9 Å². The molecule has 1 saturated carbocycles. The third-order valence-electron chi connectivity index (χ3n) is 3.52. The second kappa shape index (κ2) is 7.31. The SMILES string of the molecule is CC(C)CN(CCCOc1ccccc1C#N)C1CC1. The van der Waals surface area contributed by atoms with Crippen molar-refractivity contribution in [3.05, 3.63) is 29.8 Å². The minimum atomic E-state index is 0.619. The van der Waals surface area contributed by atoms with Crippen LogP contribution in [0.1, 0.15) is 38.7 Å². The summed E-state index contributed by atoms with van der Waals surface area (Å²) in [5.74, 6) is 1.42. The van der Waals surface area contributed by atoms with E-state index in [-0.39, 0.29) is 0 Å². The lowest BCUT2D eigenvalue weighted by molar-refractivity contribution is 0.208. The van der Waals surface area contributed by atoms with Crippen LogP contribution < -0.4 is 4.74 Å². The zero-order valence-corrected chi connectivity index (χ0v) is 12.5. The maximum absolute atomic E-state index is 9.01. The smallest absolute Gasteiger partial charge is 0.137 e. The number of nitrogens with zero attached hydrogens (tertiary/aromatic N) is 2. The molecular formula is C17H24N2O. The van der Waals surface area contributed by atoms with E-state index in [0.717, 1.165) is 24.9 Å². The zero-order valence-electron chi connectivity index (χ0n) is 12.5. The van der Waals surface area contributed by atoms with Crippen molar-refractivity contribution in [3.8, 4) is 11.8 Å². The molecule has 1 aromatic carbocycles. The molecule has 0 amide bonds. The maximum atomic E-state index is 9.01. The Hall–Kier alpha value is -1.53. The second-order valence-corrected chi connectivity index (χ2v) is 5.93. The van der Waals surface area contributed by atoms with E-state index in [1.807, 2.05) is 18.2 Å². The largest absolute Gasteiger partial charge is 0.492 e. The molecule has 1 aliphatic carbocycles. The van der Waals surface area contributed by atoms with E-state index < -0.39 is 0 Å². The van der Waals surface area contributed by atoms with Crippen LogP contribution >= 0.6 is 0 Å².